The van der Waals surface area contributed by atoms with E-state index in [-0.39, 0.29) is 0 Å². The fourth-order valence-corrected chi connectivity index (χ4v) is 5.26. The molecule has 0 amide bonds. The van der Waals surface area contributed by atoms with Crippen molar-refractivity contribution < 1.29 is 0 Å². The molecular weight excluding hydrogens is 234 g/mol. The van der Waals surface area contributed by atoms with Crippen molar-refractivity contribution in [2.24, 2.45) is 29.4 Å². The predicted octanol–water partition coefficient (Wildman–Crippen LogP) is 2.78. The number of aromatic nitrogens is 2. The summed E-state index contributed by atoms with van der Waals surface area (Å²) in [7, 11) is 0. The molecule has 19 heavy (non-hydrogen) atoms. The first kappa shape index (κ1) is 11.8. The second-order valence-corrected chi connectivity index (χ2v) is 7.02. The van der Waals surface area contributed by atoms with Gasteiger partial charge in [-0.25, -0.2) is 9.97 Å². The van der Waals surface area contributed by atoms with Gasteiger partial charge in [-0.3, -0.25) is 0 Å². The quantitative estimate of drug-likeness (QED) is 0.886. The Balaban J connectivity index is 1.70. The molecule has 5 rings (SSSR count). The molecule has 3 nitrogen and oxygen atoms in total. The van der Waals surface area contributed by atoms with E-state index in [0.717, 1.165) is 40.9 Å². The lowest BCUT2D eigenvalue weighted by atomic mass is 9.51. The molecule has 4 fully saturated rings. The molecule has 1 heterocycles. The van der Waals surface area contributed by atoms with Crippen molar-refractivity contribution in [3.05, 3.63) is 23.3 Å². The van der Waals surface area contributed by atoms with Gasteiger partial charge in [0.1, 0.15) is 5.82 Å². The second kappa shape index (κ2) is 4.27. The molecule has 0 aliphatic heterocycles. The van der Waals surface area contributed by atoms with E-state index in [1.165, 1.54) is 32.1 Å². The summed E-state index contributed by atoms with van der Waals surface area (Å²) >= 11 is 0. The van der Waals surface area contributed by atoms with E-state index in [2.05, 4.69) is 6.92 Å². The standard InChI is InChI=1S/C16H23N3/c1-9-2-14(8-17)19-16(18-9)15-12-4-10-3-11(6-12)7-13(15)5-10/h2,10-13,15H,3-8,17H2,1H3. The average Bonchev–Trinajstić information content (AvgIpc) is 2.36. The Morgan fingerprint density at radius 2 is 1.68 bits per heavy atom. The number of aryl methyl sites for hydroxylation is 1. The summed E-state index contributed by atoms with van der Waals surface area (Å²) in [4.78, 5) is 9.52. The zero-order valence-electron chi connectivity index (χ0n) is 11.7. The van der Waals surface area contributed by atoms with Gasteiger partial charge in [0, 0.05) is 18.2 Å². The molecular formula is C16H23N3. The summed E-state index contributed by atoms with van der Waals surface area (Å²) in [6.07, 6.45) is 7.20. The summed E-state index contributed by atoms with van der Waals surface area (Å²) in [5, 5.41) is 0. The monoisotopic (exact) mass is 257 g/mol. The van der Waals surface area contributed by atoms with Crippen LogP contribution in [-0.4, -0.2) is 9.97 Å². The first-order valence-electron chi connectivity index (χ1n) is 7.77. The molecule has 4 saturated carbocycles. The Morgan fingerprint density at radius 3 is 2.26 bits per heavy atom. The van der Waals surface area contributed by atoms with Crippen LogP contribution in [0.25, 0.3) is 0 Å². The Kier molecular flexibility index (Phi) is 2.66. The van der Waals surface area contributed by atoms with Crippen molar-refractivity contribution >= 4 is 0 Å². The fourth-order valence-electron chi connectivity index (χ4n) is 5.26. The van der Waals surface area contributed by atoms with Gasteiger partial charge in [0.2, 0.25) is 0 Å². The van der Waals surface area contributed by atoms with Gasteiger partial charge >= 0.3 is 0 Å². The first-order chi connectivity index (χ1) is 9.22. The highest BCUT2D eigenvalue weighted by Gasteiger charge is 2.49. The normalized spacial score (nSPS) is 39.8. The molecule has 2 N–H and O–H groups in total. The summed E-state index contributed by atoms with van der Waals surface area (Å²) in [6.45, 7) is 2.60. The molecule has 102 valence electrons. The van der Waals surface area contributed by atoms with Crippen LogP contribution in [0.5, 0.6) is 0 Å². The lowest BCUT2D eigenvalue weighted by molar-refractivity contribution is -0.00576. The van der Waals surface area contributed by atoms with Crippen molar-refractivity contribution in [1.29, 1.82) is 0 Å². The van der Waals surface area contributed by atoms with E-state index >= 15 is 0 Å². The molecule has 0 atom stereocenters. The predicted molar refractivity (Wildman–Crippen MR) is 74.4 cm³/mol. The van der Waals surface area contributed by atoms with Crippen molar-refractivity contribution in [3.63, 3.8) is 0 Å². The lowest BCUT2D eigenvalue weighted by Crippen LogP contribution is -2.44. The first-order valence-corrected chi connectivity index (χ1v) is 7.77. The Hall–Kier alpha value is -0.960. The van der Waals surface area contributed by atoms with Crippen LogP contribution in [0.15, 0.2) is 6.07 Å². The van der Waals surface area contributed by atoms with Crippen molar-refractivity contribution in [1.82, 2.24) is 9.97 Å². The van der Waals surface area contributed by atoms with Crippen LogP contribution < -0.4 is 5.73 Å². The third-order valence-corrected chi connectivity index (χ3v) is 5.66. The van der Waals surface area contributed by atoms with Crippen LogP contribution in [0.3, 0.4) is 0 Å². The van der Waals surface area contributed by atoms with Gasteiger partial charge in [-0.1, -0.05) is 0 Å². The van der Waals surface area contributed by atoms with Crippen LogP contribution in [-0.2, 0) is 6.54 Å². The maximum atomic E-state index is 5.77. The SMILES string of the molecule is Cc1cc(CN)nc(C2C3CC4CC(C3)CC2C4)n1. The molecule has 0 aromatic carbocycles. The van der Waals surface area contributed by atoms with Crippen LogP contribution in [0, 0.1) is 30.6 Å². The molecule has 0 saturated heterocycles. The molecule has 1 aromatic heterocycles. The minimum atomic E-state index is 0.531. The average molecular weight is 257 g/mol. The largest absolute Gasteiger partial charge is 0.325 e. The van der Waals surface area contributed by atoms with Gasteiger partial charge in [0.25, 0.3) is 0 Å². The van der Waals surface area contributed by atoms with E-state index in [1.807, 2.05) is 6.07 Å². The number of rotatable bonds is 2. The molecule has 3 heteroatoms. The smallest absolute Gasteiger partial charge is 0.132 e. The van der Waals surface area contributed by atoms with Crippen LogP contribution >= 0.6 is 0 Å². The van der Waals surface area contributed by atoms with E-state index in [9.17, 15) is 0 Å². The molecule has 0 spiro atoms. The van der Waals surface area contributed by atoms with E-state index < -0.39 is 0 Å². The fraction of sp³-hybridized carbons (Fsp3) is 0.750. The van der Waals surface area contributed by atoms with Gasteiger partial charge < -0.3 is 5.73 Å². The topological polar surface area (TPSA) is 51.8 Å². The molecule has 4 bridgehead atoms. The Labute approximate surface area is 115 Å². The number of hydrogen-bond acceptors (Lipinski definition) is 3. The summed E-state index contributed by atoms with van der Waals surface area (Å²) < 4.78 is 0. The van der Waals surface area contributed by atoms with Gasteiger partial charge in [-0.15, -0.1) is 0 Å². The number of nitrogens with zero attached hydrogens (tertiary/aromatic N) is 2. The zero-order chi connectivity index (χ0) is 13.0. The second-order valence-electron chi connectivity index (χ2n) is 7.02. The summed E-state index contributed by atoms with van der Waals surface area (Å²) in [6, 6.07) is 2.03. The lowest BCUT2D eigenvalue weighted by Gasteiger charge is -2.53. The molecule has 1 aromatic rings. The van der Waals surface area contributed by atoms with Crippen molar-refractivity contribution in [2.45, 2.75) is 51.5 Å². The van der Waals surface area contributed by atoms with Crippen LogP contribution in [0.2, 0.25) is 0 Å². The van der Waals surface area contributed by atoms with Gasteiger partial charge in [0.15, 0.2) is 0 Å². The number of hydrogen-bond donors (Lipinski definition) is 1. The Morgan fingerprint density at radius 1 is 1.05 bits per heavy atom. The minimum Gasteiger partial charge on any atom is -0.325 e. The maximum Gasteiger partial charge on any atom is 0.132 e. The highest BCUT2D eigenvalue weighted by molar-refractivity contribution is 5.16. The summed E-state index contributed by atoms with van der Waals surface area (Å²) in [5.41, 5.74) is 7.86. The van der Waals surface area contributed by atoms with Gasteiger partial charge in [-0.2, -0.15) is 0 Å². The molecule has 4 aliphatic carbocycles. The zero-order valence-corrected chi connectivity index (χ0v) is 11.7. The van der Waals surface area contributed by atoms with Crippen LogP contribution in [0.4, 0.5) is 0 Å². The van der Waals surface area contributed by atoms with Gasteiger partial charge in [0.05, 0.1) is 5.69 Å². The van der Waals surface area contributed by atoms with E-state index in [1.54, 1.807) is 0 Å². The minimum absolute atomic E-state index is 0.531. The summed E-state index contributed by atoms with van der Waals surface area (Å²) in [5.74, 6) is 5.45. The van der Waals surface area contributed by atoms with Crippen molar-refractivity contribution in [2.75, 3.05) is 0 Å². The maximum absolute atomic E-state index is 5.77. The van der Waals surface area contributed by atoms with Crippen LogP contribution in [0.1, 0.15) is 55.2 Å². The molecule has 4 aliphatic rings. The van der Waals surface area contributed by atoms with Gasteiger partial charge in [-0.05, 0) is 68.8 Å². The third kappa shape index (κ3) is 1.90. The van der Waals surface area contributed by atoms with E-state index in [4.69, 9.17) is 15.7 Å². The highest BCUT2D eigenvalue weighted by atomic mass is 14.9. The van der Waals surface area contributed by atoms with E-state index in [0.29, 0.717) is 12.5 Å². The molecule has 0 radical (unpaired) electrons. The third-order valence-electron chi connectivity index (χ3n) is 5.66. The number of nitrogens with two attached hydrogens (primary N) is 1. The van der Waals surface area contributed by atoms with Crippen molar-refractivity contribution in [3.8, 4) is 0 Å². The highest BCUT2D eigenvalue weighted by Crippen LogP contribution is 2.59. The Bertz CT molecular complexity index is 469. The molecule has 0 unspecified atom stereocenters.